The van der Waals surface area contributed by atoms with Gasteiger partial charge in [0.1, 0.15) is 5.75 Å². The van der Waals surface area contributed by atoms with Gasteiger partial charge in [-0.05, 0) is 43.3 Å². The standard InChI is InChI=1S/C17H18N2O3S/c1-11-4-6-14(23-11)7-9-17(21)19-15-10-13(18-12(2)20)5-8-16(15)22-3/h4-10H,1-3H3,(H,18,20)(H,19,21). The second-order valence-corrected chi connectivity index (χ2v) is 6.19. The molecule has 2 rings (SSSR count). The molecular formula is C17H18N2O3S. The number of methoxy groups -OCH3 is 1. The number of ether oxygens (including phenoxy) is 1. The van der Waals surface area contributed by atoms with Crippen molar-refractivity contribution in [2.75, 3.05) is 17.7 Å². The highest BCUT2D eigenvalue weighted by Gasteiger charge is 2.08. The van der Waals surface area contributed by atoms with E-state index in [1.807, 2.05) is 19.1 Å². The number of thiophene rings is 1. The van der Waals surface area contributed by atoms with E-state index in [0.29, 0.717) is 17.1 Å². The summed E-state index contributed by atoms with van der Waals surface area (Å²) in [6.07, 6.45) is 3.23. The third kappa shape index (κ3) is 4.96. The van der Waals surface area contributed by atoms with Gasteiger partial charge in [0.25, 0.3) is 0 Å². The maximum Gasteiger partial charge on any atom is 0.248 e. The first-order valence-electron chi connectivity index (χ1n) is 6.99. The minimum absolute atomic E-state index is 0.180. The highest BCUT2D eigenvalue weighted by Crippen LogP contribution is 2.28. The Kier molecular flexibility index (Phi) is 5.54. The van der Waals surface area contributed by atoms with Crippen molar-refractivity contribution < 1.29 is 14.3 Å². The Hall–Kier alpha value is -2.60. The monoisotopic (exact) mass is 330 g/mol. The maximum atomic E-state index is 12.1. The van der Waals surface area contributed by atoms with Crippen molar-refractivity contribution in [1.82, 2.24) is 0 Å². The first-order chi connectivity index (χ1) is 11.0. The molecule has 1 aromatic heterocycles. The average Bonchev–Trinajstić information content (AvgIpc) is 2.90. The third-order valence-electron chi connectivity index (χ3n) is 2.94. The normalized spacial score (nSPS) is 10.6. The topological polar surface area (TPSA) is 67.4 Å². The third-order valence-corrected chi connectivity index (χ3v) is 3.90. The lowest BCUT2D eigenvalue weighted by Crippen LogP contribution is -2.10. The van der Waals surface area contributed by atoms with Gasteiger partial charge in [-0.15, -0.1) is 11.3 Å². The Bertz CT molecular complexity index is 750. The number of rotatable bonds is 5. The van der Waals surface area contributed by atoms with Gasteiger partial charge in [-0.2, -0.15) is 0 Å². The van der Waals surface area contributed by atoms with Crippen molar-refractivity contribution in [1.29, 1.82) is 0 Å². The Labute approximate surface area is 139 Å². The lowest BCUT2D eigenvalue weighted by atomic mass is 10.2. The Balaban J connectivity index is 2.12. The van der Waals surface area contributed by atoms with E-state index in [0.717, 1.165) is 4.88 Å². The van der Waals surface area contributed by atoms with Gasteiger partial charge in [-0.1, -0.05) is 0 Å². The number of benzene rings is 1. The summed E-state index contributed by atoms with van der Waals surface area (Å²) in [6.45, 7) is 3.44. The van der Waals surface area contributed by atoms with E-state index in [1.165, 1.54) is 25.0 Å². The molecule has 2 aromatic rings. The van der Waals surface area contributed by atoms with Crippen LogP contribution in [0.2, 0.25) is 0 Å². The van der Waals surface area contributed by atoms with E-state index in [4.69, 9.17) is 4.74 Å². The fourth-order valence-corrected chi connectivity index (χ4v) is 2.74. The number of amides is 2. The molecule has 2 amide bonds. The van der Waals surface area contributed by atoms with Gasteiger partial charge >= 0.3 is 0 Å². The summed E-state index contributed by atoms with van der Waals surface area (Å²) in [6, 6.07) is 9.01. The molecule has 1 aromatic carbocycles. The Morgan fingerprint density at radius 2 is 1.96 bits per heavy atom. The molecule has 0 aliphatic heterocycles. The summed E-state index contributed by atoms with van der Waals surface area (Å²) in [7, 11) is 1.52. The summed E-state index contributed by atoms with van der Waals surface area (Å²) in [4.78, 5) is 25.4. The molecule has 1 heterocycles. The zero-order chi connectivity index (χ0) is 16.8. The highest BCUT2D eigenvalue weighted by molar-refractivity contribution is 7.12. The highest BCUT2D eigenvalue weighted by atomic mass is 32.1. The van der Waals surface area contributed by atoms with E-state index in [1.54, 1.807) is 35.6 Å². The molecule has 0 unspecified atom stereocenters. The van der Waals surface area contributed by atoms with E-state index < -0.39 is 0 Å². The summed E-state index contributed by atoms with van der Waals surface area (Å²) in [5, 5.41) is 5.42. The molecule has 0 bridgehead atoms. The molecule has 2 N–H and O–H groups in total. The number of carbonyl (C=O) groups excluding carboxylic acids is 2. The lowest BCUT2D eigenvalue weighted by Gasteiger charge is -2.11. The summed E-state index contributed by atoms with van der Waals surface area (Å²) in [5.74, 6) is 0.0718. The summed E-state index contributed by atoms with van der Waals surface area (Å²) < 4.78 is 5.22. The number of carbonyl (C=O) groups is 2. The predicted molar refractivity (Wildman–Crippen MR) is 94.0 cm³/mol. The van der Waals surface area contributed by atoms with Gasteiger partial charge < -0.3 is 15.4 Å². The smallest absolute Gasteiger partial charge is 0.248 e. The molecule has 0 fully saturated rings. The van der Waals surface area contributed by atoms with Crippen LogP contribution in [0.4, 0.5) is 11.4 Å². The molecule has 120 valence electrons. The molecule has 0 aliphatic carbocycles. The van der Waals surface area contributed by atoms with Crippen LogP contribution in [0.5, 0.6) is 5.75 Å². The van der Waals surface area contributed by atoms with E-state index in [-0.39, 0.29) is 11.8 Å². The van der Waals surface area contributed by atoms with Gasteiger partial charge in [0.15, 0.2) is 0 Å². The predicted octanol–water partition coefficient (Wildman–Crippen LogP) is 3.68. The molecule has 0 atom stereocenters. The van der Waals surface area contributed by atoms with Crippen molar-refractivity contribution in [3.8, 4) is 5.75 Å². The number of nitrogens with one attached hydrogen (secondary N) is 2. The fourth-order valence-electron chi connectivity index (χ4n) is 1.96. The van der Waals surface area contributed by atoms with Crippen LogP contribution in [0.3, 0.4) is 0 Å². The minimum atomic E-state index is -0.269. The molecule has 0 saturated heterocycles. The van der Waals surface area contributed by atoms with Gasteiger partial charge in [-0.25, -0.2) is 0 Å². The van der Waals surface area contributed by atoms with Crippen molar-refractivity contribution >= 4 is 40.6 Å². The zero-order valence-corrected chi connectivity index (χ0v) is 14.0. The first-order valence-corrected chi connectivity index (χ1v) is 7.80. The quantitative estimate of drug-likeness (QED) is 0.822. The molecule has 23 heavy (non-hydrogen) atoms. The van der Waals surface area contributed by atoms with E-state index in [2.05, 4.69) is 10.6 Å². The molecule has 0 radical (unpaired) electrons. The van der Waals surface area contributed by atoms with Crippen LogP contribution in [-0.2, 0) is 9.59 Å². The van der Waals surface area contributed by atoms with Crippen LogP contribution < -0.4 is 15.4 Å². The van der Waals surface area contributed by atoms with Crippen LogP contribution in [0, 0.1) is 6.92 Å². The largest absolute Gasteiger partial charge is 0.495 e. The van der Waals surface area contributed by atoms with Crippen LogP contribution in [0.15, 0.2) is 36.4 Å². The van der Waals surface area contributed by atoms with E-state index >= 15 is 0 Å². The van der Waals surface area contributed by atoms with Crippen molar-refractivity contribution in [2.45, 2.75) is 13.8 Å². The van der Waals surface area contributed by atoms with Crippen molar-refractivity contribution in [3.63, 3.8) is 0 Å². The van der Waals surface area contributed by atoms with Gasteiger partial charge in [0, 0.05) is 28.4 Å². The van der Waals surface area contributed by atoms with Crippen molar-refractivity contribution in [3.05, 3.63) is 46.2 Å². The fraction of sp³-hybridized carbons (Fsp3) is 0.176. The first kappa shape index (κ1) is 16.8. The molecule has 5 nitrogen and oxygen atoms in total. The minimum Gasteiger partial charge on any atom is -0.495 e. The molecule has 0 aliphatic rings. The lowest BCUT2D eigenvalue weighted by molar-refractivity contribution is -0.114. The molecular weight excluding hydrogens is 312 g/mol. The summed E-state index contributed by atoms with van der Waals surface area (Å²) in [5.41, 5.74) is 1.09. The number of hydrogen-bond acceptors (Lipinski definition) is 4. The molecule has 0 spiro atoms. The zero-order valence-electron chi connectivity index (χ0n) is 13.2. The second kappa shape index (κ2) is 7.60. The van der Waals surface area contributed by atoms with Gasteiger partial charge in [-0.3, -0.25) is 9.59 Å². The SMILES string of the molecule is COc1ccc(NC(C)=O)cc1NC(=O)C=Cc1ccc(C)s1. The molecule has 6 heteroatoms. The maximum absolute atomic E-state index is 12.1. The van der Waals surface area contributed by atoms with Crippen LogP contribution in [-0.4, -0.2) is 18.9 Å². The summed E-state index contributed by atoms with van der Waals surface area (Å²) >= 11 is 1.61. The Morgan fingerprint density at radius 3 is 2.57 bits per heavy atom. The molecule has 0 saturated carbocycles. The van der Waals surface area contributed by atoms with Gasteiger partial charge in [0.05, 0.1) is 12.8 Å². The average molecular weight is 330 g/mol. The van der Waals surface area contributed by atoms with E-state index in [9.17, 15) is 9.59 Å². The number of hydrogen-bond donors (Lipinski definition) is 2. The van der Waals surface area contributed by atoms with Crippen LogP contribution >= 0.6 is 11.3 Å². The number of aryl methyl sites for hydroxylation is 1. The van der Waals surface area contributed by atoms with Crippen molar-refractivity contribution in [2.24, 2.45) is 0 Å². The Morgan fingerprint density at radius 1 is 1.17 bits per heavy atom. The van der Waals surface area contributed by atoms with Gasteiger partial charge in [0.2, 0.25) is 11.8 Å². The number of anilines is 2. The van der Waals surface area contributed by atoms with Crippen LogP contribution in [0.1, 0.15) is 16.7 Å². The van der Waals surface area contributed by atoms with Crippen LogP contribution in [0.25, 0.3) is 6.08 Å². The second-order valence-electron chi connectivity index (χ2n) is 4.87.